The second kappa shape index (κ2) is 7.84. The number of hydrogen-bond acceptors (Lipinski definition) is 5. The summed E-state index contributed by atoms with van der Waals surface area (Å²) in [5.74, 6) is 0.691. The van der Waals surface area contributed by atoms with Crippen LogP contribution in [-0.2, 0) is 0 Å². The summed E-state index contributed by atoms with van der Waals surface area (Å²) >= 11 is 6.18. The summed E-state index contributed by atoms with van der Waals surface area (Å²) in [5.41, 5.74) is 5.32. The number of benzene rings is 2. The number of rotatable bonds is 5. The van der Waals surface area contributed by atoms with Crippen molar-refractivity contribution in [2.24, 2.45) is 5.10 Å². The molecular weight excluding hydrogens is 352 g/mol. The largest absolute Gasteiger partial charge is 0.497 e. The third-order valence-corrected chi connectivity index (χ3v) is 4.04. The standard InChI is InChI=1S/C19H17ClN4O2/c1-13-4-3-5-14(10-13)11-21-23-17-12-22-24(19(25)18(17)20)15-6-8-16(26-2)9-7-15/h3-12,23H,1-2H3/b21-11-. The van der Waals surface area contributed by atoms with Crippen molar-refractivity contribution in [3.05, 3.63) is 81.2 Å². The minimum Gasteiger partial charge on any atom is -0.497 e. The van der Waals surface area contributed by atoms with Crippen LogP contribution in [0.25, 0.3) is 5.69 Å². The van der Waals surface area contributed by atoms with Crippen molar-refractivity contribution in [2.45, 2.75) is 6.92 Å². The van der Waals surface area contributed by atoms with Crippen molar-refractivity contribution >= 4 is 23.5 Å². The van der Waals surface area contributed by atoms with Gasteiger partial charge in [-0.2, -0.15) is 14.9 Å². The molecule has 7 heteroatoms. The van der Waals surface area contributed by atoms with Gasteiger partial charge in [-0.15, -0.1) is 0 Å². The topological polar surface area (TPSA) is 68.5 Å². The molecular formula is C19H17ClN4O2. The molecule has 1 aromatic heterocycles. The second-order valence-electron chi connectivity index (χ2n) is 5.57. The van der Waals surface area contributed by atoms with Crippen molar-refractivity contribution in [3.63, 3.8) is 0 Å². The number of hydrazone groups is 1. The van der Waals surface area contributed by atoms with Gasteiger partial charge in [0, 0.05) is 0 Å². The van der Waals surface area contributed by atoms with Gasteiger partial charge in [0.2, 0.25) is 0 Å². The molecule has 0 unspecified atom stereocenters. The molecule has 0 atom stereocenters. The third-order valence-electron chi connectivity index (χ3n) is 3.68. The zero-order valence-corrected chi connectivity index (χ0v) is 15.1. The van der Waals surface area contributed by atoms with Gasteiger partial charge in [0.25, 0.3) is 5.56 Å². The number of anilines is 1. The molecule has 26 heavy (non-hydrogen) atoms. The summed E-state index contributed by atoms with van der Waals surface area (Å²) < 4.78 is 6.33. The minimum absolute atomic E-state index is 0.0113. The van der Waals surface area contributed by atoms with Crippen LogP contribution in [0.15, 0.2) is 64.6 Å². The van der Waals surface area contributed by atoms with Crippen molar-refractivity contribution in [1.29, 1.82) is 0 Å². The smallest absolute Gasteiger partial charge is 0.292 e. The monoisotopic (exact) mass is 368 g/mol. The van der Waals surface area contributed by atoms with E-state index in [2.05, 4.69) is 15.6 Å². The molecule has 3 rings (SSSR count). The van der Waals surface area contributed by atoms with Crippen LogP contribution in [0.3, 0.4) is 0 Å². The van der Waals surface area contributed by atoms with Gasteiger partial charge < -0.3 is 4.74 Å². The van der Waals surface area contributed by atoms with Crippen molar-refractivity contribution in [1.82, 2.24) is 9.78 Å². The van der Waals surface area contributed by atoms with Crippen LogP contribution >= 0.6 is 11.6 Å². The minimum atomic E-state index is -0.437. The van der Waals surface area contributed by atoms with Gasteiger partial charge in [0.1, 0.15) is 16.5 Å². The summed E-state index contributed by atoms with van der Waals surface area (Å²) in [6, 6.07) is 14.8. The molecule has 0 saturated carbocycles. The molecule has 0 aliphatic carbocycles. The van der Waals surface area contributed by atoms with E-state index in [0.29, 0.717) is 17.1 Å². The number of aromatic nitrogens is 2. The molecule has 0 aliphatic rings. The lowest BCUT2D eigenvalue weighted by molar-refractivity contribution is 0.414. The molecule has 0 fully saturated rings. The first-order valence-electron chi connectivity index (χ1n) is 7.86. The molecule has 0 radical (unpaired) electrons. The number of methoxy groups -OCH3 is 1. The highest BCUT2D eigenvalue weighted by Crippen LogP contribution is 2.18. The van der Waals surface area contributed by atoms with E-state index in [-0.39, 0.29) is 5.02 Å². The molecule has 0 aliphatic heterocycles. The van der Waals surface area contributed by atoms with Gasteiger partial charge >= 0.3 is 0 Å². The van der Waals surface area contributed by atoms with Crippen LogP contribution < -0.4 is 15.7 Å². The molecule has 0 amide bonds. The van der Waals surface area contributed by atoms with Crippen LogP contribution in [0.1, 0.15) is 11.1 Å². The van der Waals surface area contributed by atoms with Crippen molar-refractivity contribution in [2.75, 3.05) is 12.5 Å². The highest BCUT2D eigenvalue weighted by molar-refractivity contribution is 6.32. The fourth-order valence-corrected chi connectivity index (χ4v) is 2.52. The number of halogens is 1. The van der Waals surface area contributed by atoms with Gasteiger partial charge in [-0.25, -0.2) is 0 Å². The summed E-state index contributed by atoms with van der Waals surface area (Å²) in [5, 5.41) is 8.27. The lowest BCUT2D eigenvalue weighted by Gasteiger charge is -2.08. The Morgan fingerprint density at radius 3 is 2.69 bits per heavy atom. The fourth-order valence-electron chi connectivity index (χ4n) is 2.34. The average molecular weight is 369 g/mol. The SMILES string of the molecule is COc1ccc(-n2ncc(N/N=C\c3cccc(C)c3)c(Cl)c2=O)cc1. The zero-order chi connectivity index (χ0) is 18.5. The summed E-state index contributed by atoms with van der Waals surface area (Å²) in [6.45, 7) is 2.00. The molecule has 1 N–H and O–H groups in total. The maximum absolute atomic E-state index is 12.5. The van der Waals surface area contributed by atoms with Crippen molar-refractivity contribution < 1.29 is 4.74 Å². The Morgan fingerprint density at radius 2 is 2.00 bits per heavy atom. The third kappa shape index (κ3) is 3.92. The van der Waals surface area contributed by atoms with Crippen LogP contribution in [0.2, 0.25) is 5.02 Å². The van der Waals surface area contributed by atoms with Gasteiger partial charge in [0.05, 0.1) is 25.2 Å². The van der Waals surface area contributed by atoms with E-state index in [0.717, 1.165) is 11.1 Å². The van der Waals surface area contributed by atoms with Gasteiger partial charge in [-0.3, -0.25) is 10.2 Å². The molecule has 6 nitrogen and oxygen atoms in total. The number of ether oxygens (including phenoxy) is 1. The quantitative estimate of drug-likeness (QED) is 0.551. The van der Waals surface area contributed by atoms with Gasteiger partial charge in [0.15, 0.2) is 0 Å². The second-order valence-corrected chi connectivity index (χ2v) is 5.95. The number of hydrogen-bond donors (Lipinski definition) is 1. The lowest BCUT2D eigenvalue weighted by Crippen LogP contribution is -2.22. The van der Waals surface area contributed by atoms with E-state index >= 15 is 0 Å². The molecule has 0 saturated heterocycles. The highest BCUT2D eigenvalue weighted by atomic mass is 35.5. The molecule has 0 bridgehead atoms. The number of aryl methyl sites for hydroxylation is 1. The zero-order valence-electron chi connectivity index (χ0n) is 14.3. The molecule has 3 aromatic rings. The molecule has 2 aromatic carbocycles. The Kier molecular flexibility index (Phi) is 5.34. The Balaban J connectivity index is 1.82. The fraction of sp³-hybridized carbons (Fsp3) is 0.105. The number of nitrogens with one attached hydrogen (secondary N) is 1. The average Bonchev–Trinajstić information content (AvgIpc) is 2.65. The van der Waals surface area contributed by atoms with Gasteiger partial charge in [-0.05, 0) is 36.8 Å². The van der Waals surface area contributed by atoms with E-state index in [4.69, 9.17) is 16.3 Å². The molecule has 1 heterocycles. The lowest BCUT2D eigenvalue weighted by atomic mass is 10.2. The maximum Gasteiger partial charge on any atom is 0.292 e. The van der Waals surface area contributed by atoms with Crippen LogP contribution in [0, 0.1) is 6.92 Å². The highest BCUT2D eigenvalue weighted by Gasteiger charge is 2.10. The summed E-state index contributed by atoms with van der Waals surface area (Å²) in [6.07, 6.45) is 3.11. The Bertz CT molecular complexity index is 997. The summed E-state index contributed by atoms with van der Waals surface area (Å²) in [4.78, 5) is 12.5. The summed E-state index contributed by atoms with van der Waals surface area (Å²) in [7, 11) is 1.58. The first kappa shape index (κ1) is 17.7. The normalized spacial score (nSPS) is 10.9. The Morgan fingerprint density at radius 1 is 1.23 bits per heavy atom. The van der Waals surface area contributed by atoms with E-state index in [1.807, 2.05) is 31.2 Å². The van der Waals surface area contributed by atoms with E-state index in [1.54, 1.807) is 37.6 Å². The van der Waals surface area contributed by atoms with Crippen LogP contribution in [0.5, 0.6) is 5.75 Å². The first-order chi connectivity index (χ1) is 12.6. The predicted molar refractivity (Wildman–Crippen MR) is 104 cm³/mol. The van der Waals surface area contributed by atoms with Crippen molar-refractivity contribution in [3.8, 4) is 11.4 Å². The van der Waals surface area contributed by atoms with Gasteiger partial charge in [-0.1, -0.05) is 41.4 Å². The van der Waals surface area contributed by atoms with Crippen LogP contribution in [-0.4, -0.2) is 23.1 Å². The van der Waals surface area contributed by atoms with E-state index < -0.39 is 5.56 Å². The van der Waals surface area contributed by atoms with E-state index in [1.165, 1.54) is 10.9 Å². The first-order valence-corrected chi connectivity index (χ1v) is 8.24. The molecule has 0 spiro atoms. The molecule has 132 valence electrons. The maximum atomic E-state index is 12.5. The predicted octanol–water partition coefficient (Wildman–Crippen LogP) is 3.65. The Labute approximate surface area is 155 Å². The number of nitrogens with zero attached hydrogens (tertiary/aromatic N) is 3. The Hall–Kier alpha value is -3.12. The van der Waals surface area contributed by atoms with E-state index in [9.17, 15) is 4.79 Å². The van der Waals surface area contributed by atoms with Crippen LogP contribution in [0.4, 0.5) is 5.69 Å².